The highest BCUT2D eigenvalue weighted by atomic mass is 16.4. The first-order valence-electron chi connectivity index (χ1n) is 9.53. The number of carboxylic acid groups (broad SMARTS) is 1. The van der Waals surface area contributed by atoms with E-state index in [0.717, 1.165) is 11.1 Å². The summed E-state index contributed by atoms with van der Waals surface area (Å²) in [6.07, 6.45) is 1.22. The van der Waals surface area contributed by atoms with Gasteiger partial charge in [0.2, 0.25) is 11.8 Å². The van der Waals surface area contributed by atoms with Gasteiger partial charge in [0.25, 0.3) is 0 Å². The fourth-order valence-corrected chi connectivity index (χ4v) is 2.89. The number of carboxylic acids is 1. The lowest BCUT2D eigenvalue weighted by Gasteiger charge is -2.22. The molecule has 4 N–H and O–H groups in total. The third kappa shape index (κ3) is 7.29. The summed E-state index contributed by atoms with van der Waals surface area (Å²) in [6.45, 7) is 1.86. The number of nitrogens with one attached hydrogen (secondary N) is 2. The van der Waals surface area contributed by atoms with Crippen molar-refractivity contribution in [3.05, 3.63) is 65.7 Å². The molecule has 0 aliphatic rings. The second kappa shape index (κ2) is 10.8. The zero-order valence-corrected chi connectivity index (χ0v) is 16.3. The molecule has 0 fully saturated rings. The van der Waals surface area contributed by atoms with E-state index in [1.165, 1.54) is 12.1 Å². The molecule has 2 amide bonds. The molecule has 2 aromatic rings. The van der Waals surface area contributed by atoms with Gasteiger partial charge in [0.1, 0.15) is 17.8 Å². The molecule has 0 aromatic heterocycles. The first kappa shape index (κ1) is 21.9. The van der Waals surface area contributed by atoms with Crippen LogP contribution in [0.3, 0.4) is 0 Å². The van der Waals surface area contributed by atoms with Gasteiger partial charge in [0.05, 0.1) is 0 Å². The lowest BCUT2D eigenvalue weighted by molar-refractivity contribution is -0.142. The highest BCUT2D eigenvalue weighted by Gasteiger charge is 2.27. The largest absolute Gasteiger partial charge is 0.508 e. The van der Waals surface area contributed by atoms with E-state index >= 15 is 0 Å². The molecule has 7 nitrogen and oxygen atoms in total. The van der Waals surface area contributed by atoms with E-state index in [0.29, 0.717) is 6.42 Å². The van der Waals surface area contributed by atoms with Crippen LogP contribution in [0.5, 0.6) is 5.75 Å². The fourth-order valence-electron chi connectivity index (χ4n) is 2.89. The fraction of sp³-hybridized carbons (Fsp3) is 0.318. The maximum absolute atomic E-state index is 12.8. The molecule has 2 rings (SSSR count). The zero-order chi connectivity index (χ0) is 21.2. The van der Waals surface area contributed by atoms with E-state index in [4.69, 9.17) is 0 Å². The van der Waals surface area contributed by atoms with Gasteiger partial charge < -0.3 is 20.8 Å². The Hall–Kier alpha value is -3.35. The van der Waals surface area contributed by atoms with Gasteiger partial charge in [-0.15, -0.1) is 0 Å². The van der Waals surface area contributed by atoms with Gasteiger partial charge in [-0.05, 0) is 29.7 Å². The smallest absolute Gasteiger partial charge is 0.326 e. The summed E-state index contributed by atoms with van der Waals surface area (Å²) < 4.78 is 0. The first-order valence-corrected chi connectivity index (χ1v) is 9.53. The monoisotopic (exact) mass is 398 g/mol. The summed E-state index contributed by atoms with van der Waals surface area (Å²) in [5.74, 6) is -1.89. The van der Waals surface area contributed by atoms with E-state index in [9.17, 15) is 24.6 Å². The Kier molecular flexibility index (Phi) is 8.21. The number of amides is 2. The standard InChI is InChI=1S/C22H26N2O5/c1-2-6-20(26)23-18(13-16-9-11-17(25)12-10-16)21(27)24-19(22(28)29)14-15-7-4-3-5-8-15/h3-5,7-12,18-19,25H,2,6,13-14H2,1H3,(H,23,26)(H,24,27)(H,28,29). The van der Waals surface area contributed by atoms with Crippen molar-refractivity contribution in [2.45, 2.75) is 44.7 Å². The number of rotatable bonds is 10. The molecule has 154 valence electrons. The normalized spacial score (nSPS) is 12.6. The predicted molar refractivity (Wildman–Crippen MR) is 108 cm³/mol. The van der Waals surface area contributed by atoms with Crippen LogP contribution in [0.1, 0.15) is 30.9 Å². The van der Waals surface area contributed by atoms with Crippen molar-refractivity contribution in [2.24, 2.45) is 0 Å². The van der Waals surface area contributed by atoms with Gasteiger partial charge in [-0.1, -0.05) is 49.4 Å². The van der Waals surface area contributed by atoms with E-state index in [1.807, 2.05) is 13.0 Å². The summed E-state index contributed by atoms with van der Waals surface area (Å²) in [5.41, 5.74) is 1.51. The minimum absolute atomic E-state index is 0.0959. The molecule has 0 saturated carbocycles. The summed E-state index contributed by atoms with van der Waals surface area (Å²) in [7, 11) is 0. The summed E-state index contributed by atoms with van der Waals surface area (Å²) >= 11 is 0. The van der Waals surface area contributed by atoms with Crippen LogP contribution in [-0.2, 0) is 27.2 Å². The second-order valence-electron chi connectivity index (χ2n) is 6.83. The van der Waals surface area contributed by atoms with Gasteiger partial charge in [0.15, 0.2) is 0 Å². The Morgan fingerprint density at radius 3 is 2.03 bits per heavy atom. The van der Waals surface area contributed by atoms with Crippen molar-refractivity contribution in [2.75, 3.05) is 0 Å². The highest BCUT2D eigenvalue weighted by molar-refractivity contribution is 5.90. The Morgan fingerprint density at radius 2 is 1.45 bits per heavy atom. The van der Waals surface area contributed by atoms with Gasteiger partial charge in [-0.3, -0.25) is 9.59 Å². The Labute approximate surface area is 169 Å². The number of hydrogen-bond acceptors (Lipinski definition) is 4. The van der Waals surface area contributed by atoms with Crippen LogP contribution in [0, 0.1) is 0 Å². The molecule has 7 heteroatoms. The van der Waals surface area contributed by atoms with E-state index in [-0.39, 0.29) is 30.9 Å². The van der Waals surface area contributed by atoms with E-state index < -0.39 is 24.0 Å². The number of aliphatic carboxylic acids is 1. The summed E-state index contributed by atoms with van der Waals surface area (Å²) in [5, 5.41) is 24.2. The minimum atomic E-state index is -1.15. The van der Waals surface area contributed by atoms with Gasteiger partial charge in [0, 0.05) is 19.3 Å². The number of benzene rings is 2. The first-order chi connectivity index (χ1) is 13.9. The SMILES string of the molecule is CCCC(=O)NC(Cc1ccc(O)cc1)C(=O)NC(Cc1ccccc1)C(=O)O. The molecule has 0 spiro atoms. The third-order valence-corrected chi connectivity index (χ3v) is 4.40. The topological polar surface area (TPSA) is 116 Å². The van der Waals surface area contributed by atoms with Crippen LogP contribution < -0.4 is 10.6 Å². The van der Waals surface area contributed by atoms with Gasteiger partial charge >= 0.3 is 5.97 Å². The van der Waals surface area contributed by atoms with Crippen molar-refractivity contribution in [3.8, 4) is 5.75 Å². The average molecular weight is 398 g/mol. The number of carbonyl (C=O) groups is 3. The van der Waals surface area contributed by atoms with E-state index in [1.54, 1.807) is 36.4 Å². The van der Waals surface area contributed by atoms with Gasteiger partial charge in [-0.25, -0.2) is 4.79 Å². The van der Waals surface area contributed by atoms with Crippen LogP contribution >= 0.6 is 0 Å². The molecule has 0 bridgehead atoms. The lowest BCUT2D eigenvalue weighted by atomic mass is 10.0. The number of phenols is 1. The number of aromatic hydroxyl groups is 1. The Morgan fingerprint density at radius 1 is 0.862 bits per heavy atom. The molecule has 0 heterocycles. The van der Waals surface area contributed by atoms with Crippen molar-refractivity contribution < 1.29 is 24.6 Å². The maximum Gasteiger partial charge on any atom is 0.326 e. The van der Waals surface area contributed by atoms with Crippen LogP contribution in [0.4, 0.5) is 0 Å². The number of hydrogen-bond donors (Lipinski definition) is 4. The van der Waals surface area contributed by atoms with E-state index in [2.05, 4.69) is 10.6 Å². The molecule has 0 aliphatic heterocycles. The molecular weight excluding hydrogens is 372 g/mol. The average Bonchev–Trinajstić information content (AvgIpc) is 2.69. The van der Waals surface area contributed by atoms with Crippen molar-refractivity contribution >= 4 is 17.8 Å². The summed E-state index contributed by atoms with van der Waals surface area (Å²) in [4.78, 5) is 36.5. The Bertz CT molecular complexity index is 821. The summed E-state index contributed by atoms with van der Waals surface area (Å²) in [6, 6.07) is 13.3. The van der Waals surface area contributed by atoms with Crippen LogP contribution in [0.2, 0.25) is 0 Å². The quantitative estimate of drug-likeness (QED) is 0.489. The molecule has 0 radical (unpaired) electrons. The molecule has 2 aromatic carbocycles. The van der Waals surface area contributed by atoms with Crippen LogP contribution in [0.25, 0.3) is 0 Å². The molecule has 0 saturated heterocycles. The predicted octanol–water partition coefficient (Wildman–Crippen LogP) is 2.03. The third-order valence-electron chi connectivity index (χ3n) is 4.40. The maximum atomic E-state index is 12.8. The molecular formula is C22H26N2O5. The molecule has 29 heavy (non-hydrogen) atoms. The highest BCUT2D eigenvalue weighted by Crippen LogP contribution is 2.12. The molecule has 2 unspecified atom stereocenters. The Balaban J connectivity index is 2.13. The van der Waals surface area contributed by atoms with Crippen LogP contribution in [-0.4, -0.2) is 40.1 Å². The van der Waals surface area contributed by atoms with Crippen LogP contribution in [0.15, 0.2) is 54.6 Å². The zero-order valence-electron chi connectivity index (χ0n) is 16.3. The number of carbonyl (C=O) groups excluding carboxylic acids is 2. The van der Waals surface area contributed by atoms with Crippen molar-refractivity contribution in [1.29, 1.82) is 0 Å². The molecule has 0 aliphatic carbocycles. The van der Waals surface area contributed by atoms with Crippen molar-refractivity contribution in [3.63, 3.8) is 0 Å². The molecule has 2 atom stereocenters. The van der Waals surface area contributed by atoms with Gasteiger partial charge in [-0.2, -0.15) is 0 Å². The number of phenolic OH excluding ortho intramolecular Hbond substituents is 1. The van der Waals surface area contributed by atoms with Crippen molar-refractivity contribution in [1.82, 2.24) is 10.6 Å². The lowest BCUT2D eigenvalue weighted by Crippen LogP contribution is -2.53. The second-order valence-corrected chi connectivity index (χ2v) is 6.83. The minimum Gasteiger partial charge on any atom is -0.508 e.